The Morgan fingerprint density at radius 2 is 1.71 bits per heavy atom. The average molecular weight is 256 g/mol. The largest absolute Gasteiger partial charge is 0.611 e. The van der Waals surface area contributed by atoms with Crippen molar-refractivity contribution in [3.63, 3.8) is 0 Å². The molecule has 2 atom stereocenters. The molecule has 0 amide bonds. The van der Waals surface area contributed by atoms with Crippen LogP contribution in [0.5, 0.6) is 0 Å². The third-order valence-corrected chi connectivity index (χ3v) is 4.68. The van der Waals surface area contributed by atoms with Crippen molar-refractivity contribution in [2.45, 2.75) is 59.3 Å². The number of unbranched alkanes of at least 4 members (excludes halogenated alkanes) is 2. The van der Waals surface area contributed by atoms with Gasteiger partial charge in [0.1, 0.15) is 10.7 Å². The maximum Gasteiger partial charge on any atom is 0.148 e. The lowest BCUT2D eigenvalue weighted by Crippen LogP contribution is -2.14. The quantitative estimate of drug-likeness (QED) is 0.406. The summed E-state index contributed by atoms with van der Waals surface area (Å²) >= 11 is -0.916. The molecule has 0 spiro atoms. The molecule has 0 aromatic rings. The first-order chi connectivity index (χ1) is 8.08. The van der Waals surface area contributed by atoms with Crippen LogP contribution in [-0.2, 0) is 11.2 Å². The Morgan fingerprint density at radius 3 is 2.18 bits per heavy atom. The van der Waals surface area contributed by atoms with Crippen LogP contribution in [0, 0.1) is 5.92 Å². The van der Waals surface area contributed by atoms with Gasteiger partial charge in [0, 0.05) is 5.57 Å². The molecule has 0 aromatic carbocycles. The van der Waals surface area contributed by atoms with Crippen LogP contribution in [-0.4, -0.2) is 10.3 Å². The second-order valence-electron chi connectivity index (χ2n) is 4.60. The highest BCUT2D eigenvalue weighted by Crippen LogP contribution is 2.28. The van der Waals surface area contributed by atoms with E-state index in [-0.39, 0.29) is 0 Å². The van der Waals surface area contributed by atoms with Crippen LogP contribution in [0.25, 0.3) is 0 Å². The fraction of sp³-hybridized carbons (Fsp3) is 0.733. The van der Waals surface area contributed by atoms with Crippen molar-refractivity contribution in [3.05, 3.63) is 23.6 Å². The molecule has 0 rings (SSSR count). The Kier molecular flexibility index (Phi) is 9.66. The van der Waals surface area contributed by atoms with Crippen molar-refractivity contribution in [2.24, 2.45) is 5.92 Å². The molecule has 1 unspecified atom stereocenters. The van der Waals surface area contributed by atoms with Gasteiger partial charge in [-0.1, -0.05) is 46.6 Å². The van der Waals surface area contributed by atoms with E-state index < -0.39 is 11.2 Å². The predicted molar refractivity (Wildman–Crippen MR) is 79.5 cm³/mol. The first kappa shape index (κ1) is 16.8. The summed E-state index contributed by atoms with van der Waals surface area (Å²) in [6.07, 6.45) is 6.73. The lowest BCUT2D eigenvalue weighted by Gasteiger charge is -2.20. The normalized spacial score (nSPS) is 14.4. The maximum atomic E-state index is 12.0. The monoisotopic (exact) mass is 256 g/mol. The van der Waals surface area contributed by atoms with Gasteiger partial charge in [-0.05, 0) is 42.9 Å². The van der Waals surface area contributed by atoms with Crippen molar-refractivity contribution in [1.29, 1.82) is 0 Å². The molecule has 0 aliphatic heterocycles. The van der Waals surface area contributed by atoms with Gasteiger partial charge in [-0.25, -0.2) is 0 Å². The Labute approximate surface area is 111 Å². The predicted octanol–water partition coefficient (Wildman–Crippen LogP) is 4.82. The smallest absolute Gasteiger partial charge is 0.148 e. The minimum Gasteiger partial charge on any atom is -0.611 e. The summed E-state index contributed by atoms with van der Waals surface area (Å²) in [4.78, 5) is 0.779. The number of rotatable bonds is 10. The first-order valence-corrected chi connectivity index (χ1v) is 8.16. The third-order valence-electron chi connectivity index (χ3n) is 3.21. The highest BCUT2D eigenvalue weighted by molar-refractivity contribution is 7.95. The van der Waals surface area contributed by atoms with Crippen molar-refractivity contribution < 1.29 is 4.55 Å². The molecule has 0 aromatic heterocycles. The SMILES string of the molecule is C=C(C(=C)[S+]([O-])CCCC)[C@@H](CC)CCCC. The lowest BCUT2D eigenvalue weighted by atomic mass is 9.92. The van der Waals surface area contributed by atoms with Crippen LogP contribution in [0.4, 0.5) is 0 Å². The zero-order chi connectivity index (χ0) is 13.3. The molecule has 0 radical (unpaired) electrons. The summed E-state index contributed by atoms with van der Waals surface area (Å²) in [6.45, 7) is 14.6. The molecule has 1 nitrogen and oxygen atoms in total. The second kappa shape index (κ2) is 9.78. The van der Waals surface area contributed by atoms with Gasteiger partial charge in [0.25, 0.3) is 0 Å². The highest BCUT2D eigenvalue weighted by Gasteiger charge is 2.21. The van der Waals surface area contributed by atoms with Crippen LogP contribution in [0.15, 0.2) is 23.6 Å². The molecule has 0 saturated carbocycles. The molecular weight excluding hydrogens is 228 g/mol. The van der Waals surface area contributed by atoms with Gasteiger partial charge < -0.3 is 4.55 Å². The van der Waals surface area contributed by atoms with Gasteiger partial charge in [0.2, 0.25) is 0 Å². The standard InChI is InChI=1S/C15H28OS/c1-6-9-11-15(8-3)13(4)14(5)17(16)12-10-7-2/h15H,4-12H2,1-3H3/t15-,17?/m0/s1. The zero-order valence-corrected chi connectivity index (χ0v) is 12.6. The Morgan fingerprint density at radius 1 is 1.12 bits per heavy atom. The summed E-state index contributed by atoms with van der Waals surface area (Å²) in [6, 6.07) is 0. The molecule has 0 heterocycles. The van der Waals surface area contributed by atoms with E-state index in [1.54, 1.807) is 0 Å². The number of allylic oxidation sites excluding steroid dienone is 1. The highest BCUT2D eigenvalue weighted by atomic mass is 32.2. The van der Waals surface area contributed by atoms with E-state index in [1.165, 1.54) is 12.8 Å². The fourth-order valence-electron chi connectivity index (χ4n) is 1.85. The number of hydrogen-bond acceptors (Lipinski definition) is 1. The second-order valence-corrected chi connectivity index (χ2v) is 6.19. The van der Waals surface area contributed by atoms with Crippen molar-refractivity contribution in [2.75, 3.05) is 5.75 Å². The van der Waals surface area contributed by atoms with E-state index in [9.17, 15) is 4.55 Å². The zero-order valence-electron chi connectivity index (χ0n) is 11.8. The molecule has 0 bridgehead atoms. The van der Waals surface area contributed by atoms with Gasteiger partial charge in [0.15, 0.2) is 0 Å². The average Bonchev–Trinajstić information content (AvgIpc) is 2.35. The van der Waals surface area contributed by atoms with E-state index in [1.807, 2.05) is 0 Å². The van der Waals surface area contributed by atoms with Gasteiger partial charge in [0.05, 0.1) is 0 Å². The molecule has 0 saturated heterocycles. The molecule has 0 aliphatic carbocycles. The molecule has 0 N–H and O–H groups in total. The molecular formula is C15H28OS. The van der Waals surface area contributed by atoms with Crippen LogP contribution in [0.2, 0.25) is 0 Å². The van der Waals surface area contributed by atoms with E-state index in [2.05, 4.69) is 33.9 Å². The van der Waals surface area contributed by atoms with Gasteiger partial charge in [-0.15, -0.1) is 0 Å². The van der Waals surface area contributed by atoms with Crippen molar-refractivity contribution >= 4 is 11.2 Å². The summed E-state index contributed by atoms with van der Waals surface area (Å²) in [5.41, 5.74) is 1.02. The summed E-state index contributed by atoms with van der Waals surface area (Å²) < 4.78 is 12.0. The fourth-order valence-corrected chi connectivity index (χ4v) is 3.10. The lowest BCUT2D eigenvalue weighted by molar-refractivity contribution is 0.521. The van der Waals surface area contributed by atoms with Crippen LogP contribution < -0.4 is 0 Å². The van der Waals surface area contributed by atoms with Gasteiger partial charge in [-0.2, -0.15) is 0 Å². The van der Waals surface area contributed by atoms with E-state index >= 15 is 0 Å². The van der Waals surface area contributed by atoms with E-state index in [4.69, 9.17) is 0 Å². The minimum atomic E-state index is -0.916. The molecule has 100 valence electrons. The molecule has 17 heavy (non-hydrogen) atoms. The van der Waals surface area contributed by atoms with Crippen LogP contribution in [0.3, 0.4) is 0 Å². The van der Waals surface area contributed by atoms with E-state index in [0.29, 0.717) is 5.92 Å². The molecule has 0 fully saturated rings. The van der Waals surface area contributed by atoms with E-state index in [0.717, 1.165) is 41.9 Å². The summed E-state index contributed by atoms with van der Waals surface area (Å²) in [5, 5.41) is 0. The van der Waals surface area contributed by atoms with Crippen molar-refractivity contribution in [1.82, 2.24) is 0 Å². The molecule has 0 aliphatic rings. The third kappa shape index (κ3) is 6.32. The maximum absolute atomic E-state index is 12.0. The minimum absolute atomic E-state index is 0.466. The topological polar surface area (TPSA) is 23.1 Å². The van der Waals surface area contributed by atoms with Crippen molar-refractivity contribution in [3.8, 4) is 0 Å². The van der Waals surface area contributed by atoms with Crippen LogP contribution >= 0.6 is 0 Å². The van der Waals surface area contributed by atoms with Gasteiger partial charge in [-0.3, -0.25) is 0 Å². The van der Waals surface area contributed by atoms with Gasteiger partial charge >= 0.3 is 0 Å². The Hall–Kier alpha value is -0.210. The Balaban J connectivity index is 4.29. The molecule has 2 heteroatoms. The summed E-state index contributed by atoms with van der Waals surface area (Å²) in [5.74, 6) is 1.20. The number of hydrogen-bond donors (Lipinski definition) is 0. The van der Waals surface area contributed by atoms with Crippen LogP contribution in [0.1, 0.15) is 59.3 Å². The Bertz CT molecular complexity index is 235. The first-order valence-electron chi connectivity index (χ1n) is 6.84. The summed E-state index contributed by atoms with van der Waals surface area (Å²) in [7, 11) is 0.